The van der Waals surface area contributed by atoms with Gasteiger partial charge in [0.1, 0.15) is 11.2 Å². The van der Waals surface area contributed by atoms with Crippen molar-refractivity contribution in [3.05, 3.63) is 63.9 Å². The number of hydrogen-bond acceptors (Lipinski definition) is 2. The molecule has 2 amide bonds. The van der Waals surface area contributed by atoms with Crippen molar-refractivity contribution in [2.75, 3.05) is 11.9 Å². The fraction of sp³-hybridized carbons (Fsp3) is 0.263. The minimum Gasteiger partial charge on any atom is -0.355 e. The van der Waals surface area contributed by atoms with Gasteiger partial charge in [-0.2, -0.15) is 0 Å². The molecule has 4 nitrogen and oxygen atoms in total. The molecule has 0 radical (unpaired) electrons. The summed E-state index contributed by atoms with van der Waals surface area (Å²) < 4.78 is 12.9. The van der Waals surface area contributed by atoms with Crippen LogP contribution in [-0.2, 0) is 16.0 Å². The summed E-state index contributed by atoms with van der Waals surface area (Å²) in [6.45, 7) is 0.377. The van der Waals surface area contributed by atoms with E-state index in [1.165, 1.54) is 12.1 Å². The van der Waals surface area contributed by atoms with Gasteiger partial charge in [0.05, 0.1) is 0 Å². The summed E-state index contributed by atoms with van der Waals surface area (Å²) >= 11 is 11.8. The summed E-state index contributed by atoms with van der Waals surface area (Å²) in [6, 6.07) is 10.8. The highest BCUT2D eigenvalue weighted by atomic mass is 35.5. The van der Waals surface area contributed by atoms with Gasteiger partial charge in [-0.3, -0.25) is 9.59 Å². The van der Waals surface area contributed by atoms with Crippen molar-refractivity contribution in [3.63, 3.8) is 0 Å². The van der Waals surface area contributed by atoms with Gasteiger partial charge < -0.3 is 10.6 Å². The highest BCUT2D eigenvalue weighted by molar-refractivity contribution is 6.35. The summed E-state index contributed by atoms with van der Waals surface area (Å²) in [5.41, 5.74) is 0.324. The number of benzene rings is 2. The molecule has 7 heteroatoms. The fourth-order valence-electron chi connectivity index (χ4n) is 2.70. The van der Waals surface area contributed by atoms with E-state index in [4.69, 9.17) is 23.2 Å². The van der Waals surface area contributed by atoms with E-state index in [1.54, 1.807) is 30.3 Å². The Morgan fingerprint density at radius 3 is 2.19 bits per heavy atom. The second-order valence-corrected chi connectivity index (χ2v) is 7.20. The number of carbonyl (C=O) groups is 2. The molecule has 1 saturated carbocycles. The van der Waals surface area contributed by atoms with E-state index < -0.39 is 5.41 Å². The lowest BCUT2D eigenvalue weighted by molar-refractivity contribution is -0.134. The molecule has 0 atom stereocenters. The van der Waals surface area contributed by atoms with Crippen molar-refractivity contribution in [1.29, 1.82) is 0 Å². The highest BCUT2D eigenvalue weighted by Gasteiger charge is 2.56. The van der Waals surface area contributed by atoms with E-state index in [9.17, 15) is 14.0 Å². The average molecular weight is 395 g/mol. The molecule has 0 unspecified atom stereocenters. The number of carbonyl (C=O) groups excluding carboxylic acids is 2. The van der Waals surface area contributed by atoms with Crippen molar-refractivity contribution in [2.24, 2.45) is 5.41 Å². The highest BCUT2D eigenvalue weighted by Crippen LogP contribution is 2.47. The van der Waals surface area contributed by atoms with Gasteiger partial charge in [-0.15, -0.1) is 0 Å². The molecule has 1 aliphatic rings. The zero-order chi connectivity index (χ0) is 18.7. The average Bonchev–Trinajstić information content (AvgIpc) is 3.37. The summed E-state index contributed by atoms with van der Waals surface area (Å²) in [6.07, 6.45) is 1.55. The van der Waals surface area contributed by atoms with Crippen molar-refractivity contribution >= 4 is 40.7 Å². The van der Waals surface area contributed by atoms with Crippen LogP contribution in [0.4, 0.5) is 10.1 Å². The number of nitrogens with one attached hydrogen (secondary N) is 2. The third-order valence-corrected chi connectivity index (χ3v) is 4.79. The maximum Gasteiger partial charge on any atom is 0.240 e. The van der Waals surface area contributed by atoms with Crippen LogP contribution < -0.4 is 10.6 Å². The second-order valence-electron chi connectivity index (χ2n) is 6.33. The molecule has 0 aromatic heterocycles. The summed E-state index contributed by atoms with van der Waals surface area (Å²) in [4.78, 5) is 25.0. The Balaban J connectivity index is 1.56. The Bertz CT molecular complexity index is 816. The first kappa shape index (κ1) is 18.7. The van der Waals surface area contributed by atoms with Crippen LogP contribution in [-0.4, -0.2) is 18.4 Å². The van der Waals surface area contributed by atoms with Crippen LogP contribution in [0.2, 0.25) is 10.0 Å². The minimum atomic E-state index is -1.04. The molecule has 0 spiro atoms. The normalized spacial score (nSPS) is 14.6. The molecule has 26 heavy (non-hydrogen) atoms. The zero-order valence-corrected chi connectivity index (χ0v) is 15.3. The number of rotatable bonds is 6. The minimum absolute atomic E-state index is 0.299. The molecule has 0 heterocycles. The Labute approximate surface area is 160 Å². The van der Waals surface area contributed by atoms with Crippen molar-refractivity contribution in [3.8, 4) is 0 Å². The molecule has 3 rings (SSSR count). The number of anilines is 1. The first-order valence-corrected chi connectivity index (χ1v) is 8.95. The Hall–Kier alpha value is -2.11. The summed E-state index contributed by atoms with van der Waals surface area (Å²) in [7, 11) is 0. The fourth-order valence-corrected chi connectivity index (χ4v) is 3.23. The predicted molar refractivity (Wildman–Crippen MR) is 99.9 cm³/mol. The largest absolute Gasteiger partial charge is 0.355 e. The van der Waals surface area contributed by atoms with Gasteiger partial charge in [-0.05, 0) is 55.2 Å². The molecule has 1 fully saturated rings. The van der Waals surface area contributed by atoms with Gasteiger partial charge in [-0.25, -0.2) is 4.39 Å². The summed E-state index contributed by atoms with van der Waals surface area (Å²) in [5.74, 6) is -0.965. The topological polar surface area (TPSA) is 58.2 Å². The smallest absolute Gasteiger partial charge is 0.240 e. The molecule has 0 bridgehead atoms. The maximum atomic E-state index is 12.9. The molecular weight excluding hydrogens is 378 g/mol. The van der Waals surface area contributed by atoms with Crippen LogP contribution >= 0.6 is 23.2 Å². The maximum absolute atomic E-state index is 12.9. The first-order valence-electron chi connectivity index (χ1n) is 8.19. The lowest BCUT2D eigenvalue weighted by Gasteiger charge is -2.16. The monoisotopic (exact) mass is 394 g/mol. The summed E-state index contributed by atoms with van der Waals surface area (Å²) in [5, 5.41) is 6.31. The number of hydrogen-bond donors (Lipinski definition) is 2. The van der Waals surface area contributed by atoms with Crippen LogP contribution in [0.15, 0.2) is 42.5 Å². The molecule has 2 N–H and O–H groups in total. The molecule has 1 aliphatic carbocycles. The van der Waals surface area contributed by atoms with E-state index in [0.29, 0.717) is 41.5 Å². The molecule has 0 saturated heterocycles. The third kappa shape index (κ3) is 4.34. The van der Waals surface area contributed by atoms with E-state index in [1.807, 2.05) is 0 Å². The molecule has 2 aromatic rings. The molecule has 2 aromatic carbocycles. The number of amides is 2. The van der Waals surface area contributed by atoms with Crippen molar-refractivity contribution in [1.82, 2.24) is 5.32 Å². The van der Waals surface area contributed by atoms with Gasteiger partial charge in [0.25, 0.3) is 0 Å². The second kappa shape index (κ2) is 7.64. The van der Waals surface area contributed by atoms with Crippen molar-refractivity contribution < 1.29 is 14.0 Å². The Kier molecular flexibility index (Phi) is 5.49. The number of halogens is 3. The third-order valence-electron chi connectivity index (χ3n) is 4.35. The Morgan fingerprint density at radius 1 is 1.00 bits per heavy atom. The lowest BCUT2D eigenvalue weighted by Crippen LogP contribution is -2.40. The van der Waals surface area contributed by atoms with E-state index in [0.717, 1.165) is 5.56 Å². The SMILES string of the molecule is O=C(NCCc1ccc(F)cc1)C1(C(=O)Nc2cc(Cl)cc(Cl)c2)CC1. The van der Waals surface area contributed by atoms with E-state index in [-0.39, 0.29) is 17.6 Å². The van der Waals surface area contributed by atoms with Crippen LogP contribution in [0.3, 0.4) is 0 Å². The first-order chi connectivity index (χ1) is 12.4. The van der Waals surface area contributed by atoms with Crippen LogP contribution in [0, 0.1) is 11.2 Å². The molecule has 136 valence electrons. The quantitative estimate of drug-likeness (QED) is 0.720. The van der Waals surface area contributed by atoms with Gasteiger partial charge in [-0.1, -0.05) is 35.3 Å². The van der Waals surface area contributed by atoms with Gasteiger partial charge in [0, 0.05) is 22.3 Å². The van der Waals surface area contributed by atoms with Crippen LogP contribution in [0.25, 0.3) is 0 Å². The standard InChI is InChI=1S/C19H17Cl2FN2O2/c20-13-9-14(21)11-16(10-13)24-18(26)19(6-7-19)17(25)23-8-5-12-1-3-15(22)4-2-12/h1-4,9-11H,5-8H2,(H,23,25)(H,24,26). The van der Waals surface area contributed by atoms with E-state index >= 15 is 0 Å². The van der Waals surface area contributed by atoms with Gasteiger partial charge in [0.15, 0.2) is 0 Å². The van der Waals surface area contributed by atoms with Crippen molar-refractivity contribution in [2.45, 2.75) is 19.3 Å². The lowest BCUT2D eigenvalue weighted by atomic mass is 10.0. The molecular formula is C19H17Cl2FN2O2. The zero-order valence-electron chi connectivity index (χ0n) is 13.8. The predicted octanol–water partition coefficient (Wildman–Crippen LogP) is 4.21. The van der Waals surface area contributed by atoms with Gasteiger partial charge >= 0.3 is 0 Å². The Morgan fingerprint density at radius 2 is 1.62 bits per heavy atom. The van der Waals surface area contributed by atoms with Crippen LogP contribution in [0.1, 0.15) is 18.4 Å². The van der Waals surface area contributed by atoms with Gasteiger partial charge in [0.2, 0.25) is 11.8 Å². The van der Waals surface area contributed by atoms with Crippen LogP contribution in [0.5, 0.6) is 0 Å². The van der Waals surface area contributed by atoms with E-state index in [2.05, 4.69) is 10.6 Å². The molecule has 0 aliphatic heterocycles.